The van der Waals surface area contributed by atoms with E-state index in [9.17, 15) is 8.42 Å². The predicted octanol–water partition coefficient (Wildman–Crippen LogP) is 1.59. The number of hydrogen-bond donors (Lipinski definition) is 2. The summed E-state index contributed by atoms with van der Waals surface area (Å²) in [5.74, 6) is 0.707. The third kappa shape index (κ3) is 3.31. The molecule has 4 N–H and O–H groups in total. The lowest BCUT2D eigenvalue weighted by Gasteiger charge is -2.10. The number of para-hydroxylation sites is 1. The lowest BCUT2D eigenvalue weighted by molar-refractivity contribution is 0.467. The SMILES string of the molecule is NCc1cccc(Oc2ccccc2S(N)(=O)=O)c1. The summed E-state index contributed by atoms with van der Waals surface area (Å²) >= 11 is 0. The molecule has 0 fully saturated rings. The van der Waals surface area contributed by atoms with Crippen LogP contribution in [0.15, 0.2) is 53.4 Å². The zero-order chi connectivity index (χ0) is 13.9. The van der Waals surface area contributed by atoms with Crippen LogP contribution in [0.4, 0.5) is 0 Å². The van der Waals surface area contributed by atoms with Crippen molar-refractivity contribution in [3.63, 3.8) is 0 Å². The fourth-order valence-corrected chi connectivity index (χ4v) is 2.29. The third-order valence-corrected chi connectivity index (χ3v) is 3.47. The van der Waals surface area contributed by atoms with Gasteiger partial charge < -0.3 is 10.5 Å². The molecule has 0 saturated heterocycles. The van der Waals surface area contributed by atoms with Gasteiger partial charge in [0.05, 0.1) is 0 Å². The zero-order valence-corrected chi connectivity index (χ0v) is 10.9. The Bertz CT molecular complexity index is 684. The molecular formula is C13H14N2O3S. The molecule has 5 nitrogen and oxygen atoms in total. The Morgan fingerprint density at radius 2 is 1.79 bits per heavy atom. The molecule has 0 aliphatic heterocycles. The summed E-state index contributed by atoms with van der Waals surface area (Å²) < 4.78 is 28.5. The van der Waals surface area contributed by atoms with Gasteiger partial charge in [0.2, 0.25) is 10.0 Å². The van der Waals surface area contributed by atoms with Gasteiger partial charge in [-0.1, -0.05) is 24.3 Å². The van der Waals surface area contributed by atoms with Gasteiger partial charge in [0.25, 0.3) is 0 Å². The Hall–Kier alpha value is -1.89. The molecule has 0 heterocycles. The summed E-state index contributed by atoms with van der Waals surface area (Å²) in [4.78, 5) is -0.0480. The van der Waals surface area contributed by atoms with Crippen LogP contribution < -0.4 is 15.6 Å². The van der Waals surface area contributed by atoms with Crippen LogP contribution >= 0.6 is 0 Å². The minimum absolute atomic E-state index is 0.0480. The normalized spacial score (nSPS) is 11.3. The van der Waals surface area contributed by atoms with Crippen LogP contribution in [0.25, 0.3) is 0 Å². The van der Waals surface area contributed by atoms with E-state index in [0.717, 1.165) is 5.56 Å². The quantitative estimate of drug-likeness (QED) is 0.887. The Balaban J connectivity index is 2.38. The van der Waals surface area contributed by atoms with Gasteiger partial charge in [0, 0.05) is 6.54 Å². The maximum absolute atomic E-state index is 11.4. The molecular weight excluding hydrogens is 264 g/mol. The maximum atomic E-state index is 11.4. The molecule has 0 aromatic heterocycles. The molecule has 0 atom stereocenters. The van der Waals surface area contributed by atoms with Gasteiger partial charge in [-0.3, -0.25) is 0 Å². The van der Waals surface area contributed by atoms with Gasteiger partial charge in [-0.25, -0.2) is 13.6 Å². The Morgan fingerprint density at radius 1 is 1.05 bits per heavy atom. The van der Waals surface area contributed by atoms with Gasteiger partial charge in [0.1, 0.15) is 16.4 Å². The van der Waals surface area contributed by atoms with Crippen LogP contribution in [0.5, 0.6) is 11.5 Å². The number of sulfonamides is 1. The largest absolute Gasteiger partial charge is 0.456 e. The Morgan fingerprint density at radius 3 is 2.47 bits per heavy atom. The highest BCUT2D eigenvalue weighted by Crippen LogP contribution is 2.28. The number of benzene rings is 2. The lowest BCUT2D eigenvalue weighted by atomic mass is 10.2. The van der Waals surface area contributed by atoms with Crippen molar-refractivity contribution in [3.8, 4) is 11.5 Å². The first kappa shape index (κ1) is 13.5. The van der Waals surface area contributed by atoms with E-state index in [1.807, 2.05) is 6.07 Å². The number of rotatable bonds is 4. The Kier molecular flexibility index (Phi) is 3.84. The van der Waals surface area contributed by atoms with Gasteiger partial charge in [0.15, 0.2) is 0 Å². The van der Waals surface area contributed by atoms with Crippen LogP contribution in [-0.2, 0) is 16.6 Å². The number of primary sulfonamides is 1. The smallest absolute Gasteiger partial charge is 0.241 e. The highest BCUT2D eigenvalue weighted by Gasteiger charge is 2.14. The van der Waals surface area contributed by atoms with Crippen LogP contribution in [0.2, 0.25) is 0 Å². The topological polar surface area (TPSA) is 95.4 Å². The predicted molar refractivity (Wildman–Crippen MR) is 72.2 cm³/mol. The molecule has 0 amide bonds. The molecule has 19 heavy (non-hydrogen) atoms. The molecule has 6 heteroatoms. The first-order valence-corrected chi connectivity index (χ1v) is 7.14. The second-order valence-electron chi connectivity index (χ2n) is 3.95. The monoisotopic (exact) mass is 278 g/mol. The fourth-order valence-electron chi connectivity index (χ4n) is 1.63. The molecule has 0 aliphatic rings. The van der Waals surface area contributed by atoms with Crippen molar-refractivity contribution in [2.75, 3.05) is 0 Å². The summed E-state index contributed by atoms with van der Waals surface area (Å²) in [5, 5.41) is 5.14. The van der Waals surface area contributed by atoms with Gasteiger partial charge in [-0.05, 0) is 29.8 Å². The highest BCUT2D eigenvalue weighted by molar-refractivity contribution is 7.89. The van der Waals surface area contributed by atoms with Crippen molar-refractivity contribution < 1.29 is 13.2 Å². The van der Waals surface area contributed by atoms with E-state index in [1.54, 1.807) is 36.4 Å². The zero-order valence-electron chi connectivity index (χ0n) is 10.1. The van der Waals surface area contributed by atoms with Crippen LogP contribution in [0, 0.1) is 0 Å². The standard InChI is InChI=1S/C13H14N2O3S/c14-9-10-4-3-5-11(8-10)18-12-6-1-2-7-13(12)19(15,16)17/h1-8H,9,14H2,(H2,15,16,17). The third-order valence-electron chi connectivity index (χ3n) is 2.52. The van der Waals surface area contributed by atoms with Crippen molar-refractivity contribution in [3.05, 3.63) is 54.1 Å². The Labute approximate surface area is 111 Å². The average Bonchev–Trinajstić information content (AvgIpc) is 2.38. The van der Waals surface area contributed by atoms with Crippen LogP contribution in [0.3, 0.4) is 0 Å². The second-order valence-corrected chi connectivity index (χ2v) is 5.48. The summed E-state index contributed by atoms with van der Waals surface area (Å²) in [6.45, 7) is 0.383. The molecule has 0 bridgehead atoms. The van der Waals surface area contributed by atoms with E-state index in [2.05, 4.69) is 0 Å². The number of ether oxygens (including phenoxy) is 1. The summed E-state index contributed by atoms with van der Waals surface area (Å²) in [6.07, 6.45) is 0. The van der Waals surface area contributed by atoms with Crippen LogP contribution in [-0.4, -0.2) is 8.42 Å². The summed E-state index contributed by atoms with van der Waals surface area (Å²) in [5.41, 5.74) is 6.43. The molecule has 0 unspecified atom stereocenters. The summed E-state index contributed by atoms with van der Waals surface area (Å²) in [6, 6.07) is 13.3. The van der Waals surface area contributed by atoms with Gasteiger partial charge >= 0.3 is 0 Å². The molecule has 0 aliphatic carbocycles. The average molecular weight is 278 g/mol. The van der Waals surface area contributed by atoms with E-state index >= 15 is 0 Å². The number of hydrogen-bond acceptors (Lipinski definition) is 4. The van der Waals surface area contributed by atoms with Gasteiger partial charge in [-0.15, -0.1) is 0 Å². The van der Waals surface area contributed by atoms with Crippen molar-refractivity contribution in [2.45, 2.75) is 11.4 Å². The van der Waals surface area contributed by atoms with Crippen LogP contribution in [0.1, 0.15) is 5.56 Å². The van der Waals surface area contributed by atoms with Crippen molar-refractivity contribution in [1.82, 2.24) is 0 Å². The molecule has 0 radical (unpaired) electrons. The fraction of sp³-hybridized carbons (Fsp3) is 0.0769. The molecule has 0 spiro atoms. The molecule has 100 valence electrons. The first-order valence-electron chi connectivity index (χ1n) is 5.59. The molecule has 0 saturated carbocycles. The minimum Gasteiger partial charge on any atom is -0.456 e. The highest BCUT2D eigenvalue weighted by atomic mass is 32.2. The maximum Gasteiger partial charge on any atom is 0.241 e. The molecule has 2 aromatic carbocycles. The minimum atomic E-state index is -3.82. The van der Waals surface area contributed by atoms with Crippen molar-refractivity contribution in [1.29, 1.82) is 0 Å². The lowest BCUT2D eigenvalue weighted by Crippen LogP contribution is -2.13. The molecule has 2 rings (SSSR count). The van der Waals surface area contributed by atoms with E-state index in [0.29, 0.717) is 12.3 Å². The van der Waals surface area contributed by atoms with Crippen molar-refractivity contribution in [2.24, 2.45) is 10.9 Å². The number of nitrogens with two attached hydrogens (primary N) is 2. The molecule has 2 aromatic rings. The van der Waals surface area contributed by atoms with Gasteiger partial charge in [-0.2, -0.15) is 0 Å². The first-order chi connectivity index (χ1) is 9.00. The van der Waals surface area contributed by atoms with E-state index in [1.165, 1.54) is 6.07 Å². The summed E-state index contributed by atoms with van der Waals surface area (Å²) in [7, 11) is -3.82. The van der Waals surface area contributed by atoms with E-state index in [-0.39, 0.29) is 10.6 Å². The van der Waals surface area contributed by atoms with E-state index < -0.39 is 10.0 Å². The second kappa shape index (κ2) is 5.40. The van der Waals surface area contributed by atoms with E-state index in [4.69, 9.17) is 15.6 Å². The van der Waals surface area contributed by atoms with Crippen molar-refractivity contribution >= 4 is 10.0 Å².